The number of carbonyl (C=O) groups excluding carboxylic acids is 1. The number of carbonyl (C=O) groups is 1. The first kappa shape index (κ1) is 8.77. The summed E-state index contributed by atoms with van der Waals surface area (Å²) >= 11 is 1.37. The molecule has 1 rings (SSSR count). The van der Waals surface area contributed by atoms with E-state index in [9.17, 15) is 4.79 Å². The van der Waals surface area contributed by atoms with E-state index in [4.69, 9.17) is 5.53 Å². The van der Waals surface area contributed by atoms with Gasteiger partial charge in [0.25, 0.3) is 5.91 Å². The fraction of sp³-hybridized carbons (Fsp3) is 0.286. The lowest BCUT2D eigenvalue weighted by Gasteiger charge is -1.84. The topological polar surface area (TPSA) is 65.8 Å². The van der Waals surface area contributed by atoms with Gasteiger partial charge in [0.1, 0.15) is 0 Å². The zero-order chi connectivity index (χ0) is 8.97. The first-order valence-corrected chi connectivity index (χ1v) is 4.27. The third-order valence-corrected chi connectivity index (χ3v) is 2.57. The molecular weight excluding hydrogens is 174 g/mol. The highest BCUT2D eigenvalue weighted by Crippen LogP contribution is 2.17. The highest BCUT2D eigenvalue weighted by atomic mass is 32.1. The Kier molecular flexibility index (Phi) is 2.85. The van der Waals surface area contributed by atoms with Gasteiger partial charge in [0.2, 0.25) is 0 Å². The van der Waals surface area contributed by atoms with Crippen molar-refractivity contribution in [3.05, 3.63) is 32.3 Å². The molecule has 0 fully saturated rings. The Hall–Kier alpha value is -1.32. The molecule has 0 saturated carbocycles. The van der Waals surface area contributed by atoms with Crippen LogP contribution in [0.15, 0.2) is 17.2 Å². The summed E-state index contributed by atoms with van der Waals surface area (Å²) < 4.78 is 0. The molecular formula is C7H7N3OS. The van der Waals surface area contributed by atoms with Crippen LogP contribution in [0.5, 0.6) is 0 Å². The van der Waals surface area contributed by atoms with E-state index < -0.39 is 5.91 Å². The Balaban J connectivity index is 2.88. The average Bonchev–Trinajstić information content (AvgIpc) is 2.52. The van der Waals surface area contributed by atoms with E-state index in [1.807, 2.05) is 13.0 Å². The normalized spacial score (nSPS) is 9.08. The number of amides is 1. The highest BCUT2D eigenvalue weighted by Gasteiger charge is 2.05. The summed E-state index contributed by atoms with van der Waals surface area (Å²) in [6.07, 6.45) is 0.897. The summed E-state index contributed by atoms with van der Waals surface area (Å²) in [5.74, 6) is -0.498. The summed E-state index contributed by atoms with van der Waals surface area (Å²) in [7, 11) is 0. The van der Waals surface area contributed by atoms with Gasteiger partial charge in [-0.25, -0.2) is 0 Å². The first-order chi connectivity index (χ1) is 5.77. The standard InChI is InChI=1S/C7H7N3OS/c1-2-5-3-4-6(12-5)7(11)9-10-8/h3-4H,2H2,1H3. The maximum atomic E-state index is 11.0. The molecule has 0 aliphatic carbocycles. The number of rotatable bonds is 2. The van der Waals surface area contributed by atoms with Gasteiger partial charge in [0.05, 0.1) is 4.88 Å². The smallest absolute Gasteiger partial charge is 0.259 e. The maximum Gasteiger partial charge on any atom is 0.259 e. The van der Waals surface area contributed by atoms with Crippen molar-refractivity contribution in [2.45, 2.75) is 13.3 Å². The van der Waals surface area contributed by atoms with E-state index in [-0.39, 0.29) is 0 Å². The SMILES string of the molecule is CCc1ccc(C(=O)N=[N+]=[N-])s1. The molecule has 1 amide bonds. The van der Waals surface area contributed by atoms with E-state index in [0.717, 1.165) is 11.3 Å². The third kappa shape index (κ3) is 1.84. The number of nitrogens with zero attached hydrogens (tertiary/aromatic N) is 3. The number of thiophene rings is 1. The van der Waals surface area contributed by atoms with Crippen LogP contribution in [0.25, 0.3) is 10.4 Å². The van der Waals surface area contributed by atoms with E-state index >= 15 is 0 Å². The van der Waals surface area contributed by atoms with Crippen LogP contribution in [-0.2, 0) is 6.42 Å². The summed E-state index contributed by atoms with van der Waals surface area (Å²) in [5.41, 5.74) is 8.00. The lowest BCUT2D eigenvalue weighted by molar-refractivity contribution is 0.100. The van der Waals surface area contributed by atoms with Crippen LogP contribution in [0.4, 0.5) is 0 Å². The quantitative estimate of drug-likeness (QED) is 0.393. The molecule has 0 aliphatic rings. The molecule has 5 heteroatoms. The predicted octanol–water partition coefficient (Wildman–Crippen LogP) is 2.76. The molecule has 62 valence electrons. The zero-order valence-corrected chi connectivity index (χ0v) is 7.34. The Labute approximate surface area is 73.5 Å². The monoisotopic (exact) mass is 181 g/mol. The Morgan fingerprint density at radius 1 is 1.75 bits per heavy atom. The molecule has 1 aromatic rings. The van der Waals surface area contributed by atoms with Gasteiger partial charge in [-0.05, 0) is 29.2 Å². The van der Waals surface area contributed by atoms with Crippen molar-refractivity contribution in [1.82, 2.24) is 0 Å². The molecule has 0 spiro atoms. The number of hydrogen-bond acceptors (Lipinski definition) is 2. The van der Waals surface area contributed by atoms with Crippen molar-refractivity contribution in [3.63, 3.8) is 0 Å². The van der Waals surface area contributed by atoms with E-state index in [1.54, 1.807) is 6.07 Å². The molecule has 0 aliphatic heterocycles. The summed E-state index contributed by atoms with van der Waals surface area (Å²) in [6, 6.07) is 3.55. The van der Waals surface area contributed by atoms with Crippen LogP contribution in [0, 0.1) is 0 Å². The second kappa shape index (κ2) is 3.90. The molecule has 1 heterocycles. The fourth-order valence-corrected chi connectivity index (χ4v) is 1.60. The van der Waals surface area contributed by atoms with Crippen LogP contribution < -0.4 is 0 Å². The predicted molar refractivity (Wildman–Crippen MR) is 47.2 cm³/mol. The van der Waals surface area contributed by atoms with Crippen molar-refractivity contribution >= 4 is 17.2 Å². The van der Waals surface area contributed by atoms with Gasteiger partial charge in [-0.1, -0.05) is 6.92 Å². The summed E-state index contributed by atoms with van der Waals surface area (Å²) in [5, 5.41) is 2.99. The third-order valence-electron chi connectivity index (χ3n) is 1.36. The molecule has 0 radical (unpaired) electrons. The minimum Gasteiger partial charge on any atom is -0.286 e. The number of azide groups is 1. The first-order valence-electron chi connectivity index (χ1n) is 3.46. The second-order valence-electron chi connectivity index (χ2n) is 2.11. The van der Waals surface area contributed by atoms with Gasteiger partial charge in [0.15, 0.2) is 0 Å². The van der Waals surface area contributed by atoms with Crippen LogP contribution in [0.3, 0.4) is 0 Å². The Bertz CT molecular complexity index is 338. The van der Waals surface area contributed by atoms with Gasteiger partial charge in [0, 0.05) is 9.79 Å². The lowest BCUT2D eigenvalue weighted by atomic mass is 10.3. The molecule has 4 nitrogen and oxygen atoms in total. The van der Waals surface area contributed by atoms with Crippen LogP contribution in [-0.4, -0.2) is 5.91 Å². The van der Waals surface area contributed by atoms with Gasteiger partial charge in [-0.2, -0.15) is 0 Å². The summed E-state index contributed by atoms with van der Waals surface area (Å²) in [4.78, 5) is 15.0. The van der Waals surface area contributed by atoms with Gasteiger partial charge >= 0.3 is 0 Å². The maximum absolute atomic E-state index is 11.0. The Morgan fingerprint density at radius 2 is 2.50 bits per heavy atom. The summed E-state index contributed by atoms with van der Waals surface area (Å²) in [6.45, 7) is 2.01. The van der Waals surface area contributed by atoms with Crippen LogP contribution in [0.2, 0.25) is 0 Å². The molecule has 0 atom stereocenters. The molecule has 0 bridgehead atoms. The molecule has 0 unspecified atom stereocenters. The van der Waals surface area contributed by atoms with Gasteiger partial charge in [-0.3, -0.25) is 4.79 Å². The van der Waals surface area contributed by atoms with Crippen molar-refractivity contribution < 1.29 is 4.79 Å². The molecule has 1 aromatic heterocycles. The molecule has 12 heavy (non-hydrogen) atoms. The van der Waals surface area contributed by atoms with Crippen LogP contribution >= 0.6 is 11.3 Å². The van der Waals surface area contributed by atoms with Crippen molar-refractivity contribution in [2.24, 2.45) is 5.11 Å². The number of hydrogen-bond donors (Lipinski definition) is 0. The van der Waals surface area contributed by atoms with Crippen molar-refractivity contribution in [3.8, 4) is 0 Å². The van der Waals surface area contributed by atoms with E-state index in [2.05, 4.69) is 10.0 Å². The highest BCUT2D eigenvalue weighted by molar-refractivity contribution is 7.14. The molecule has 0 N–H and O–H groups in total. The van der Waals surface area contributed by atoms with Crippen molar-refractivity contribution in [2.75, 3.05) is 0 Å². The molecule has 0 saturated heterocycles. The minimum absolute atomic E-state index is 0.498. The molecule has 0 aromatic carbocycles. The minimum atomic E-state index is -0.498. The van der Waals surface area contributed by atoms with E-state index in [0.29, 0.717) is 4.88 Å². The van der Waals surface area contributed by atoms with Crippen molar-refractivity contribution in [1.29, 1.82) is 0 Å². The second-order valence-corrected chi connectivity index (χ2v) is 3.28. The fourth-order valence-electron chi connectivity index (χ4n) is 0.773. The Morgan fingerprint density at radius 3 is 3.00 bits per heavy atom. The largest absolute Gasteiger partial charge is 0.286 e. The van der Waals surface area contributed by atoms with Crippen LogP contribution in [0.1, 0.15) is 21.5 Å². The van der Waals surface area contributed by atoms with Gasteiger partial charge < -0.3 is 0 Å². The van der Waals surface area contributed by atoms with E-state index in [1.165, 1.54) is 11.3 Å². The zero-order valence-electron chi connectivity index (χ0n) is 6.52. The average molecular weight is 181 g/mol. The van der Waals surface area contributed by atoms with Gasteiger partial charge in [-0.15, -0.1) is 11.3 Å². The lowest BCUT2D eigenvalue weighted by Crippen LogP contribution is -1.86. The number of aryl methyl sites for hydroxylation is 1.